The third kappa shape index (κ3) is 1.91. The molecule has 0 bridgehead atoms. The number of phenolic OH excluding ortho intramolecular Hbond substituents is 3. The molecule has 0 saturated carbocycles. The lowest BCUT2D eigenvalue weighted by Gasteiger charge is -2.07. The van der Waals surface area contributed by atoms with E-state index in [2.05, 4.69) is 0 Å². The van der Waals surface area contributed by atoms with Gasteiger partial charge >= 0.3 is 0 Å². The topological polar surface area (TPSA) is 104 Å². The molecule has 2 aromatic rings. The molecule has 0 spiro atoms. The molecule has 0 aromatic heterocycles. The first-order valence-electron chi connectivity index (χ1n) is 4.99. The van der Waals surface area contributed by atoms with Gasteiger partial charge in [-0.2, -0.15) is 0 Å². The maximum absolute atomic E-state index is 10.5. The molecule has 0 amide bonds. The molecule has 0 aliphatic carbocycles. The van der Waals surface area contributed by atoms with E-state index in [0.29, 0.717) is 5.56 Å². The Bertz CT molecular complexity index is 607. The van der Waals surface area contributed by atoms with Crippen molar-refractivity contribution in [2.75, 3.05) is 0 Å². The van der Waals surface area contributed by atoms with E-state index in [1.54, 1.807) is 0 Å². The van der Waals surface area contributed by atoms with Gasteiger partial charge in [-0.05, 0) is 29.8 Å². The van der Waals surface area contributed by atoms with Crippen LogP contribution in [-0.2, 0) is 0 Å². The van der Waals surface area contributed by atoms with Crippen LogP contribution in [0.25, 0.3) is 11.1 Å². The highest BCUT2D eigenvalue weighted by Gasteiger charge is 2.13. The van der Waals surface area contributed by atoms with E-state index < -0.39 is 22.2 Å². The summed E-state index contributed by atoms with van der Waals surface area (Å²) in [6, 6.07) is 8.11. The smallest absolute Gasteiger partial charge is 0.269 e. The number of non-ortho nitro benzene ring substituents is 1. The zero-order chi connectivity index (χ0) is 13.3. The Hall–Kier alpha value is -2.76. The van der Waals surface area contributed by atoms with Crippen LogP contribution in [0.5, 0.6) is 17.2 Å². The summed E-state index contributed by atoms with van der Waals surface area (Å²) in [6.07, 6.45) is 0. The molecule has 0 radical (unpaired) electrons. The summed E-state index contributed by atoms with van der Waals surface area (Å²) in [4.78, 5) is 9.97. The molecule has 0 aliphatic heterocycles. The van der Waals surface area contributed by atoms with Crippen molar-refractivity contribution < 1.29 is 20.2 Å². The molecule has 0 fully saturated rings. The van der Waals surface area contributed by atoms with Crippen molar-refractivity contribution in [2.45, 2.75) is 0 Å². The molecular formula is C12H9NO5. The van der Waals surface area contributed by atoms with Gasteiger partial charge in [-0.25, -0.2) is 0 Å². The fourth-order valence-corrected chi connectivity index (χ4v) is 1.56. The highest BCUT2D eigenvalue weighted by atomic mass is 16.6. The summed E-state index contributed by atoms with van der Waals surface area (Å²) in [5.41, 5.74) is 0.704. The molecular weight excluding hydrogens is 238 g/mol. The average Bonchev–Trinajstić information content (AvgIpc) is 2.36. The van der Waals surface area contributed by atoms with Crippen LogP contribution >= 0.6 is 0 Å². The van der Waals surface area contributed by atoms with Gasteiger partial charge in [0.15, 0.2) is 11.5 Å². The molecule has 0 unspecified atom stereocenters. The van der Waals surface area contributed by atoms with E-state index in [0.717, 1.165) is 0 Å². The molecule has 0 aliphatic rings. The van der Waals surface area contributed by atoms with Gasteiger partial charge in [-0.3, -0.25) is 10.1 Å². The molecule has 2 rings (SSSR count). The highest BCUT2D eigenvalue weighted by Crippen LogP contribution is 2.42. The fourth-order valence-electron chi connectivity index (χ4n) is 1.56. The van der Waals surface area contributed by atoms with Crippen LogP contribution in [0.2, 0.25) is 0 Å². The lowest BCUT2D eigenvalue weighted by atomic mass is 10.0. The number of phenols is 3. The summed E-state index contributed by atoms with van der Waals surface area (Å²) >= 11 is 0. The van der Waals surface area contributed by atoms with E-state index in [1.165, 1.54) is 36.4 Å². The lowest BCUT2D eigenvalue weighted by molar-refractivity contribution is -0.384. The Morgan fingerprint density at radius 3 is 2.06 bits per heavy atom. The molecule has 6 heteroatoms. The van der Waals surface area contributed by atoms with Crippen molar-refractivity contribution in [3.8, 4) is 28.4 Å². The molecule has 2 aromatic carbocycles. The lowest BCUT2D eigenvalue weighted by Crippen LogP contribution is -1.87. The minimum atomic E-state index is -0.620. The predicted octanol–water partition coefficient (Wildman–Crippen LogP) is 2.38. The second-order valence-electron chi connectivity index (χ2n) is 3.63. The molecule has 92 valence electrons. The highest BCUT2D eigenvalue weighted by molar-refractivity contribution is 5.75. The number of nitro groups is 1. The van der Waals surface area contributed by atoms with Gasteiger partial charge < -0.3 is 15.3 Å². The van der Waals surface area contributed by atoms with Gasteiger partial charge in [0, 0.05) is 17.7 Å². The zero-order valence-corrected chi connectivity index (χ0v) is 9.07. The van der Waals surface area contributed by atoms with Crippen LogP contribution in [0.15, 0.2) is 36.4 Å². The second-order valence-corrected chi connectivity index (χ2v) is 3.63. The number of nitrogens with zero attached hydrogens (tertiary/aromatic N) is 1. The zero-order valence-electron chi connectivity index (χ0n) is 9.07. The third-order valence-electron chi connectivity index (χ3n) is 2.52. The molecule has 0 atom stereocenters. The summed E-state index contributed by atoms with van der Waals surface area (Å²) in [5, 5.41) is 38.7. The summed E-state index contributed by atoms with van der Waals surface area (Å²) in [7, 11) is 0. The first kappa shape index (κ1) is 11.7. The van der Waals surface area contributed by atoms with Crippen LogP contribution in [0.1, 0.15) is 0 Å². The van der Waals surface area contributed by atoms with Crippen LogP contribution in [0.4, 0.5) is 5.69 Å². The molecule has 0 saturated heterocycles. The van der Waals surface area contributed by atoms with Gasteiger partial charge in [-0.15, -0.1) is 0 Å². The summed E-state index contributed by atoms with van der Waals surface area (Å²) < 4.78 is 0. The average molecular weight is 247 g/mol. The van der Waals surface area contributed by atoms with Gasteiger partial charge in [-0.1, -0.05) is 0 Å². The van der Waals surface area contributed by atoms with E-state index >= 15 is 0 Å². The quantitative estimate of drug-likeness (QED) is 0.429. The monoisotopic (exact) mass is 247 g/mol. The number of hydrogen-bond acceptors (Lipinski definition) is 5. The Labute approximate surface area is 102 Å². The van der Waals surface area contributed by atoms with Crippen molar-refractivity contribution in [2.24, 2.45) is 0 Å². The number of nitro benzene ring substituents is 1. The maximum Gasteiger partial charge on any atom is 0.269 e. The van der Waals surface area contributed by atoms with Crippen LogP contribution < -0.4 is 0 Å². The summed E-state index contributed by atoms with van der Waals surface area (Å²) in [5.74, 6) is -1.52. The SMILES string of the molecule is O=[N+]([O-])c1ccc(-c2ccc(O)c(O)c2O)cc1. The number of aromatic hydroxyl groups is 3. The minimum absolute atomic E-state index is 0.0683. The first-order valence-corrected chi connectivity index (χ1v) is 4.99. The van der Waals surface area contributed by atoms with E-state index in [-0.39, 0.29) is 11.3 Å². The van der Waals surface area contributed by atoms with Crippen LogP contribution in [-0.4, -0.2) is 20.2 Å². The largest absolute Gasteiger partial charge is 0.504 e. The number of benzene rings is 2. The van der Waals surface area contributed by atoms with E-state index in [1.807, 2.05) is 0 Å². The van der Waals surface area contributed by atoms with Gasteiger partial charge in [0.05, 0.1) is 4.92 Å². The Morgan fingerprint density at radius 2 is 1.50 bits per heavy atom. The normalized spacial score (nSPS) is 10.2. The molecule has 6 nitrogen and oxygen atoms in total. The number of hydrogen-bond donors (Lipinski definition) is 3. The molecule has 0 heterocycles. The second kappa shape index (κ2) is 4.25. The van der Waals surface area contributed by atoms with Crippen molar-refractivity contribution in [1.29, 1.82) is 0 Å². The minimum Gasteiger partial charge on any atom is -0.504 e. The molecule has 18 heavy (non-hydrogen) atoms. The Balaban J connectivity index is 2.49. The third-order valence-corrected chi connectivity index (χ3v) is 2.52. The first-order chi connectivity index (χ1) is 8.50. The van der Waals surface area contributed by atoms with Crippen LogP contribution in [0.3, 0.4) is 0 Å². The number of rotatable bonds is 2. The van der Waals surface area contributed by atoms with Crippen molar-refractivity contribution in [1.82, 2.24) is 0 Å². The summed E-state index contributed by atoms with van der Waals surface area (Å²) in [6.45, 7) is 0. The standard InChI is InChI=1S/C12H9NO5/c14-10-6-5-9(11(15)12(10)16)7-1-3-8(4-2-7)13(17)18/h1-6,14-16H. The van der Waals surface area contributed by atoms with Gasteiger partial charge in [0.25, 0.3) is 5.69 Å². The Morgan fingerprint density at radius 1 is 0.889 bits per heavy atom. The van der Waals surface area contributed by atoms with Gasteiger partial charge in [0.1, 0.15) is 0 Å². The molecule has 3 N–H and O–H groups in total. The Kier molecular flexibility index (Phi) is 2.77. The van der Waals surface area contributed by atoms with E-state index in [4.69, 9.17) is 0 Å². The van der Waals surface area contributed by atoms with Crippen molar-refractivity contribution in [3.05, 3.63) is 46.5 Å². The van der Waals surface area contributed by atoms with Crippen molar-refractivity contribution in [3.63, 3.8) is 0 Å². The van der Waals surface area contributed by atoms with Crippen LogP contribution in [0, 0.1) is 10.1 Å². The van der Waals surface area contributed by atoms with Gasteiger partial charge in [0.2, 0.25) is 5.75 Å². The predicted molar refractivity (Wildman–Crippen MR) is 63.5 cm³/mol. The maximum atomic E-state index is 10.5. The van der Waals surface area contributed by atoms with E-state index in [9.17, 15) is 25.4 Å². The fraction of sp³-hybridized carbons (Fsp3) is 0. The van der Waals surface area contributed by atoms with Crippen molar-refractivity contribution >= 4 is 5.69 Å².